The van der Waals surface area contributed by atoms with Gasteiger partial charge < -0.3 is 5.73 Å². The molecule has 0 amide bonds. The van der Waals surface area contributed by atoms with Crippen LogP contribution in [-0.2, 0) is 0 Å². The molecule has 2 atom stereocenters. The number of hydrogen-bond acceptors (Lipinski definition) is 3. The van der Waals surface area contributed by atoms with Gasteiger partial charge in [0.1, 0.15) is 5.82 Å². The predicted molar refractivity (Wildman–Crippen MR) is 83.6 cm³/mol. The van der Waals surface area contributed by atoms with Gasteiger partial charge in [0.05, 0.1) is 5.69 Å². The molecular formula is C17H23N3. The Labute approximate surface area is 121 Å². The maximum atomic E-state index is 5.68. The molecule has 0 spiro atoms. The maximum absolute atomic E-state index is 5.68. The van der Waals surface area contributed by atoms with Gasteiger partial charge in [0.15, 0.2) is 0 Å². The van der Waals surface area contributed by atoms with Crippen molar-refractivity contribution in [1.82, 2.24) is 9.97 Å². The van der Waals surface area contributed by atoms with E-state index in [1.165, 1.54) is 5.56 Å². The maximum Gasteiger partial charge on any atom is 0.133 e. The molecule has 2 N–H and O–H groups in total. The van der Waals surface area contributed by atoms with E-state index in [1.54, 1.807) is 0 Å². The lowest BCUT2D eigenvalue weighted by molar-refractivity contribution is 0.712. The first-order valence-corrected chi connectivity index (χ1v) is 7.29. The number of benzene rings is 1. The van der Waals surface area contributed by atoms with E-state index in [0.29, 0.717) is 12.5 Å². The summed E-state index contributed by atoms with van der Waals surface area (Å²) in [6.07, 6.45) is 2.97. The fraction of sp³-hybridized carbons (Fsp3) is 0.412. The third kappa shape index (κ3) is 3.23. The van der Waals surface area contributed by atoms with Crippen molar-refractivity contribution in [2.75, 3.05) is 6.54 Å². The van der Waals surface area contributed by atoms with Gasteiger partial charge in [0.2, 0.25) is 0 Å². The van der Waals surface area contributed by atoms with Crippen LogP contribution in [-0.4, -0.2) is 16.5 Å². The van der Waals surface area contributed by atoms with Crippen molar-refractivity contribution in [3.05, 3.63) is 47.9 Å². The summed E-state index contributed by atoms with van der Waals surface area (Å²) in [7, 11) is 0. The second-order valence-corrected chi connectivity index (χ2v) is 5.37. The number of rotatable bonds is 5. The van der Waals surface area contributed by atoms with Crippen LogP contribution < -0.4 is 5.73 Å². The Bertz CT molecular complexity index is 548. The summed E-state index contributed by atoms with van der Waals surface area (Å²) in [6, 6.07) is 10.6. The van der Waals surface area contributed by atoms with Crippen LogP contribution in [0, 0.1) is 0 Å². The summed E-state index contributed by atoms with van der Waals surface area (Å²) in [5, 5.41) is 0. The van der Waals surface area contributed by atoms with Gasteiger partial charge in [-0.15, -0.1) is 0 Å². The van der Waals surface area contributed by atoms with E-state index in [-0.39, 0.29) is 5.92 Å². The molecule has 0 saturated carbocycles. The van der Waals surface area contributed by atoms with Crippen LogP contribution in [0.25, 0.3) is 11.3 Å². The molecule has 1 heterocycles. The Morgan fingerprint density at radius 3 is 2.35 bits per heavy atom. The first-order chi connectivity index (χ1) is 9.65. The Balaban J connectivity index is 2.27. The first-order valence-electron chi connectivity index (χ1n) is 7.29. The van der Waals surface area contributed by atoms with Crippen molar-refractivity contribution in [1.29, 1.82) is 0 Å². The van der Waals surface area contributed by atoms with Crippen LogP contribution in [0.3, 0.4) is 0 Å². The van der Waals surface area contributed by atoms with E-state index in [1.807, 2.05) is 19.2 Å². The average molecular weight is 269 g/mol. The highest BCUT2D eigenvalue weighted by Gasteiger charge is 2.09. The highest BCUT2D eigenvalue weighted by molar-refractivity contribution is 5.59. The molecule has 0 radical (unpaired) electrons. The van der Waals surface area contributed by atoms with Crippen molar-refractivity contribution < 1.29 is 0 Å². The number of hydrogen-bond donors (Lipinski definition) is 1. The second kappa shape index (κ2) is 6.62. The minimum absolute atomic E-state index is 0.189. The van der Waals surface area contributed by atoms with Gasteiger partial charge >= 0.3 is 0 Å². The zero-order valence-electron chi connectivity index (χ0n) is 12.5. The Kier molecular flexibility index (Phi) is 4.85. The van der Waals surface area contributed by atoms with Gasteiger partial charge in [-0.3, -0.25) is 0 Å². The van der Waals surface area contributed by atoms with E-state index in [0.717, 1.165) is 23.5 Å². The number of aromatic nitrogens is 2. The van der Waals surface area contributed by atoms with Crippen LogP contribution in [0.2, 0.25) is 0 Å². The summed E-state index contributed by atoms with van der Waals surface area (Å²) >= 11 is 0. The lowest BCUT2D eigenvalue weighted by Crippen LogP contribution is -2.12. The molecule has 0 aliphatic carbocycles. The highest BCUT2D eigenvalue weighted by atomic mass is 14.9. The minimum atomic E-state index is 0.189. The zero-order chi connectivity index (χ0) is 14.5. The lowest BCUT2D eigenvalue weighted by Gasteiger charge is -2.11. The van der Waals surface area contributed by atoms with Crippen molar-refractivity contribution >= 4 is 0 Å². The third-order valence-electron chi connectivity index (χ3n) is 3.86. The van der Waals surface area contributed by atoms with E-state index < -0.39 is 0 Å². The molecular weight excluding hydrogens is 246 g/mol. The second-order valence-electron chi connectivity index (χ2n) is 5.37. The van der Waals surface area contributed by atoms with Gasteiger partial charge in [-0.2, -0.15) is 0 Å². The summed E-state index contributed by atoms with van der Waals surface area (Å²) < 4.78 is 0. The molecule has 3 nitrogen and oxygen atoms in total. The molecule has 2 unspecified atom stereocenters. The predicted octanol–water partition coefficient (Wildman–Crippen LogP) is 3.72. The molecule has 1 aromatic heterocycles. The molecule has 2 rings (SSSR count). The number of nitrogens with zero attached hydrogens (tertiary/aromatic N) is 2. The smallest absolute Gasteiger partial charge is 0.133 e. The van der Waals surface area contributed by atoms with Crippen LogP contribution in [0.4, 0.5) is 0 Å². The number of nitrogens with two attached hydrogens (primary N) is 1. The zero-order valence-corrected chi connectivity index (χ0v) is 12.5. The van der Waals surface area contributed by atoms with Gasteiger partial charge in [0, 0.05) is 24.2 Å². The van der Waals surface area contributed by atoms with Crippen LogP contribution in [0.1, 0.15) is 50.4 Å². The van der Waals surface area contributed by atoms with Crippen LogP contribution >= 0.6 is 0 Å². The van der Waals surface area contributed by atoms with E-state index in [2.05, 4.69) is 48.1 Å². The largest absolute Gasteiger partial charge is 0.330 e. The third-order valence-corrected chi connectivity index (χ3v) is 3.86. The molecule has 2 aromatic rings. The van der Waals surface area contributed by atoms with Crippen molar-refractivity contribution in [3.8, 4) is 11.3 Å². The fourth-order valence-corrected chi connectivity index (χ4v) is 2.10. The van der Waals surface area contributed by atoms with E-state index in [9.17, 15) is 0 Å². The average Bonchev–Trinajstić information content (AvgIpc) is 2.53. The minimum Gasteiger partial charge on any atom is -0.330 e. The fourth-order valence-electron chi connectivity index (χ4n) is 2.10. The molecule has 106 valence electrons. The first kappa shape index (κ1) is 14.7. The molecule has 3 heteroatoms. The molecule has 0 aliphatic rings. The topological polar surface area (TPSA) is 51.8 Å². The molecule has 1 aromatic carbocycles. The summed E-state index contributed by atoms with van der Waals surface area (Å²) in [5.74, 6) is 1.60. The van der Waals surface area contributed by atoms with E-state index >= 15 is 0 Å². The summed E-state index contributed by atoms with van der Waals surface area (Å²) in [4.78, 5) is 8.92. The Morgan fingerprint density at radius 1 is 1.05 bits per heavy atom. The molecule has 20 heavy (non-hydrogen) atoms. The van der Waals surface area contributed by atoms with E-state index in [4.69, 9.17) is 5.73 Å². The molecule has 0 fully saturated rings. The monoisotopic (exact) mass is 269 g/mol. The summed E-state index contributed by atoms with van der Waals surface area (Å²) in [6.45, 7) is 7.08. The quantitative estimate of drug-likeness (QED) is 0.900. The lowest BCUT2D eigenvalue weighted by atomic mass is 9.97. The molecule has 0 aliphatic heterocycles. The van der Waals surface area contributed by atoms with Crippen molar-refractivity contribution in [2.45, 2.75) is 39.0 Å². The molecule has 0 bridgehead atoms. The van der Waals surface area contributed by atoms with Crippen molar-refractivity contribution in [3.63, 3.8) is 0 Å². The van der Waals surface area contributed by atoms with Gasteiger partial charge in [-0.05, 0) is 24.0 Å². The normalized spacial score (nSPS) is 14.0. The highest BCUT2D eigenvalue weighted by Crippen LogP contribution is 2.23. The Morgan fingerprint density at radius 2 is 1.75 bits per heavy atom. The standard InChI is InChI=1S/C17H23N3/c1-4-12(2)14-5-7-15(8-6-14)16-9-10-19-17(20-16)13(3)11-18/h5-10,12-13H,4,11,18H2,1-3H3. The van der Waals surface area contributed by atoms with Gasteiger partial charge in [-0.25, -0.2) is 9.97 Å². The SMILES string of the molecule is CCC(C)c1ccc(-c2ccnc(C(C)CN)n2)cc1. The molecule has 0 saturated heterocycles. The van der Waals surface area contributed by atoms with Crippen LogP contribution in [0.15, 0.2) is 36.5 Å². The van der Waals surface area contributed by atoms with Crippen molar-refractivity contribution in [2.24, 2.45) is 5.73 Å². The van der Waals surface area contributed by atoms with Gasteiger partial charge in [0.25, 0.3) is 0 Å². The van der Waals surface area contributed by atoms with Crippen LogP contribution in [0.5, 0.6) is 0 Å². The Hall–Kier alpha value is -1.74. The van der Waals surface area contributed by atoms with Gasteiger partial charge in [-0.1, -0.05) is 45.0 Å². The summed E-state index contributed by atoms with van der Waals surface area (Å²) in [5.41, 5.74) is 9.15.